The second kappa shape index (κ2) is 5.41. The van der Waals surface area contributed by atoms with E-state index in [2.05, 4.69) is 27.7 Å². The first kappa shape index (κ1) is 13.6. The van der Waals surface area contributed by atoms with E-state index in [0.717, 1.165) is 36.1 Å². The average Bonchev–Trinajstić information content (AvgIpc) is 2.20. The van der Waals surface area contributed by atoms with Crippen LogP contribution in [0, 0.1) is 11.8 Å². The van der Waals surface area contributed by atoms with Crippen LogP contribution in [0.3, 0.4) is 0 Å². The van der Waals surface area contributed by atoms with Gasteiger partial charge in [0.25, 0.3) is 0 Å². The van der Waals surface area contributed by atoms with Gasteiger partial charge < -0.3 is 8.85 Å². The fourth-order valence-electron chi connectivity index (χ4n) is 3.76. The van der Waals surface area contributed by atoms with E-state index in [9.17, 15) is 0 Å². The Balaban J connectivity index is 2.07. The van der Waals surface area contributed by atoms with Gasteiger partial charge in [-0.2, -0.15) is 0 Å². The minimum atomic E-state index is -1.91. The molecule has 0 radical (unpaired) electrons. The van der Waals surface area contributed by atoms with Crippen molar-refractivity contribution in [1.82, 2.24) is 0 Å². The van der Waals surface area contributed by atoms with Crippen LogP contribution in [0.1, 0.15) is 53.4 Å². The third-order valence-electron chi connectivity index (χ3n) is 4.63. The molecule has 2 fully saturated rings. The van der Waals surface area contributed by atoms with Crippen molar-refractivity contribution in [2.45, 2.75) is 64.5 Å². The Kier molecular flexibility index (Phi) is 4.32. The molecule has 0 N–H and O–H groups in total. The van der Waals surface area contributed by atoms with Gasteiger partial charge >= 0.3 is 8.56 Å². The summed E-state index contributed by atoms with van der Waals surface area (Å²) in [5.41, 5.74) is 1.55. The predicted molar refractivity (Wildman–Crippen MR) is 73.3 cm³/mol. The summed E-state index contributed by atoms with van der Waals surface area (Å²) >= 11 is 0. The molecular formula is C14H28O2Si. The minimum Gasteiger partial charge on any atom is -0.394 e. The zero-order valence-corrected chi connectivity index (χ0v) is 12.9. The molecule has 0 amide bonds. The lowest BCUT2D eigenvalue weighted by molar-refractivity contribution is 0.112. The lowest BCUT2D eigenvalue weighted by atomic mass is 9.85. The summed E-state index contributed by atoms with van der Waals surface area (Å²) in [5, 5.41) is 0. The monoisotopic (exact) mass is 256 g/mol. The molecule has 0 unspecified atom stereocenters. The number of hydrogen-bond acceptors (Lipinski definition) is 2. The molecule has 0 spiro atoms. The zero-order chi connectivity index (χ0) is 12.5. The van der Waals surface area contributed by atoms with E-state index in [4.69, 9.17) is 8.85 Å². The van der Waals surface area contributed by atoms with Crippen LogP contribution in [0.25, 0.3) is 0 Å². The molecular weight excluding hydrogens is 228 g/mol. The Labute approximate surface area is 107 Å². The van der Waals surface area contributed by atoms with Gasteiger partial charge in [0.2, 0.25) is 0 Å². The molecule has 3 heteroatoms. The Morgan fingerprint density at radius 3 is 1.41 bits per heavy atom. The maximum atomic E-state index is 6.29. The zero-order valence-electron chi connectivity index (χ0n) is 11.9. The fourth-order valence-corrected chi connectivity index (χ4v) is 9.28. The lowest BCUT2D eigenvalue weighted by Crippen LogP contribution is -2.57. The molecule has 2 nitrogen and oxygen atoms in total. The molecule has 2 saturated carbocycles. The Morgan fingerprint density at radius 2 is 1.18 bits per heavy atom. The maximum absolute atomic E-state index is 6.29. The van der Waals surface area contributed by atoms with Crippen LogP contribution in [-0.2, 0) is 8.85 Å². The highest BCUT2D eigenvalue weighted by atomic mass is 28.4. The summed E-state index contributed by atoms with van der Waals surface area (Å²) in [7, 11) is -1.91. The third-order valence-corrected chi connectivity index (χ3v) is 9.32. The highest BCUT2D eigenvalue weighted by Crippen LogP contribution is 2.56. The molecule has 0 aromatic carbocycles. The quantitative estimate of drug-likeness (QED) is 0.666. The topological polar surface area (TPSA) is 18.5 Å². The molecule has 0 heterocycles. The Bertz CT molecular complexity index is 219. The van der Waals surface area contributed by atoms with Gasteiger partial charge in [0, 0.05) is 24.3 Å². The summed E-state index contributed by atoms with van der Waals surface area (Å²) in [6, 6.07) is 0. The molecule has 2 aliphatic rings. The highest BCUT2D eigenvalue weighted by Gasteiger charge is 2.58. The molecule has 0 aromatic heterocycles. The molecule has 2 rings (SSSR count). The van der Waals surface area contributed by atoms with Gasteiger partial charge in [0.15, 0.2) is 0 Å². The number of rotatable bonds is 6. The van der Waals surface area contributed by atoms with Crippen molar-refractivity contribution in [2.75, 3.05) is 13.2 Å². The fraction of sp³-hybridized carbons (Fsp3) is 1.00. The lowest BCUT2D eigenvalue weighted by Gasteiger charge is -2.52. The molecule has 0 aliphatic heterocycles. The summed E-state index contributed by atoms with van der Waals surface area (Å²) in [6.45, 7) is 10.6. The van der Waals surface area contributed by atoms with E-state index in [-0.39, 0.29) is 0 Å². The highest BCUT2D eigenvalue weighted by molar-refractivity contribution is 6.71. The van der Waals surface area contributed by atoms with Crippen LogP contribution in [0.15, 0.2) is 0 Å². The average molecular weight is 256 g/mol. The summed E-state index contributed by atoms with van der Waals surface area (Å²) in [4.78, 5) is 0. The van der Waals surface area contributed by atoms with Gasteiger partial charge in [-0.25, -0.2) is 0 Å². The van der Waals surface area contributed by atoms with Gasteiger partial charge in [-0.15, -0.1) is 0 Å². The largest absolute Gasteiger partial charge is 0.394 e. The van der Waals surface area contributed by atoms with E-state index in [0.29, 0.717) is 0 Å². The van der Waals surface area contributed by atoms with Crippen LogP contribution in [0.2, 0.25) is 11.1 Å². The van der Waals surface area contributed by atoms with Crippen molar-refractivity contribution in [3.63, 3.8) is 0 Å². The molecule has 0 aromatic rings. The van der Waals surface area contributed by atoms with Crippen molar-refractivity contribution < 1.29 is 8.85 Å². The van der Waals surface area contributed by atoms with Gasteiger partial charge in [-0.05, 0) is 51.4 Å². The smallest absolute Gasteiger partial charge is 0.344 e. The first-order valence-electron chi connectivity index (χ1n) is 7.40. The molecule has 0 bridgehead atoms. The molecule has 2 aliphatic carbocycles. The molecule has 0 saturated heterocycles. The van der Waals surface area contributed by atoms with Crippen molar-refractivity contribution >= 4 is 8.56 Å². The van der Waals surface area contributed by atoms with Crippen LogP contribution < -0.4 is 0 Å². The van der Waals surface area contributed by atoms with Crippen LogP contribution in [0.4, 0.5) is 0 Å². The number of hydrogen-bond donors (Lipinski definition) is 0. The van der Waals surface area contributed by atoms with Crippen molar-refractivity contribution in [2.24, 2.45) is 11.8 Å². The molecule has 100 valence electrons. The van der Waals surface area contributed by atoms with E-state index < -0.39 is 8.56 Å². The van der Waals surface area contributed by atoms with E-state index in [1.807, 2.05) is 0 Å². The summed E-state index contributed by atoms with van der Waals surface area (Å²) in [5.74, 6) is 1.79. The third kappa shape index (κ3) is 2.47. The van der Waals surface area contributed by atoms with Gasteiger partial charge in [-0.3, -0.25) is 0 Å². The van der Waals surface area contributed by atoms with Gasteiger partial charge in [0.1, 0.15) is 0 Å². The SMILES string of the molecule is CCO[Si](OCC)(C1CC(C)C1)C1CC(C)C1. The standard InChI is InChI=1S/C14H28O2Si/c1-5-15-17(16-6-2,13-7-11(3)8-13)14-9-12(4)10-14/h11-14H,5-10H2,1-4H3. The van der Waals surface area contributed by atoms with Gasteiger partial charge in [-0.1, -0.05) is 13.8 Å². The second-order valence-corrected chi connectivity index (χ2v) is 9.79. The minimum absolute atomic E-state index is 0.773. The molecule has 17 heavy (non-hydrogen) atoms. The maximum Gasteiger partial charge on any atom is 0.344 e. The summed E-state index contributed by atoms with van der Waals surface area (Å²) < 4.78 is 12.6. The normalized spacial score (nSPS) is 37.4. The van der Waals surface area contributed by atoms with E-state index in [1.165, 1.54) is 25.7 Å². The predicted octanol–water partition coefficient (Wildman–Crippen LogP) is 4.10. The Morgan fingerprint density at radius 1 is 0.824 bits per heavy atom. The first-order valence-corrected chi connectivity index (χ1v) is 9.37. The summed E-state index contributed by atoms with van der Waals surface area (Å²) in [6.07, 6.45) is 5.38. The van der Waals surface area contributed by atoms with Crippen LogP contribution in [0.5, 0.6) is 0 Å². The van der Waals surface area contributed by atoms with Gasteiger partial charge in [0.05, 0.1) is 0 Å². The molecule has 0 atom stereocenters. The van der Waals surface area contributed by atoms with Crippen molar-refractivity contribution in [3.05, 3.63) is 0 Å². The van der Waals surface area contributed by atoms with Crippen molar-refractivity contribution in [1.29, 1.82) is 0 Å². The van der Waals surface area contributed by atoms with Crippen molar-refractivity contribution in [3.8, 4) is 0 Å². The Hall–Kier alpha value is 0.137. The second-order valence-electron chi connectivity index (χ2n) is 6.13. The van der Waals surface area contributed by atoms with Crippen LogP contribution in [-0.4, -0.2) is 21.8 Å². The first-order chi connectivity index (χ1) is 8.12. The van der Waals surface area contributed by atoms with Crippen LogP contribution >= 0.6 is 0 Å². The van der Waals surface area contributed by atoms with E-state index in [1.54, 1.807) is 0 Å². The van der Waals surface area contributed by atoms with E-state index >= 15 is 0 Å².